The van der Waals surface area contributed by atoms with Gasteiger partial charge in [-0.1, -0.05) is 0 Å². The number of rotatable bonds is 7. The van der Waals surface area contributed by atoms with E-state index in [9.17, 15) is 4.79 Å². The SMILES string of the molecule is CN=C(NCCCOCC1CC1)N1CCN(c2cnn(C)c2)C(=O)C1. The average molecular weight is 348 g/mol. The van der Waals surface area contributed by atoms with Crippen molar-refractivity contribution in [3.63, 3.8) is 0 Å². The molecule has 2 aliphatic rings. The molecule has 1 aliphatic heterocycles. The van der Waals surface area contributed by atoms with Gasteiger partial charge in [-0.15, -0.1) is 0 Å². The summed E-state index contributed by atoms with van der Waals surface area (Å²) in [6.45, 7) is 4.18. The minimum Gasteiger partial charge on any atom is -0.381 e. The van der Waals surface area contributed by atoms with E-state index in [4.69, 9.17) is 4.74 Å². The van der Waals surface area contributed by atoms with Crippen molar-refractivity contribution in [1.29, 1.82) is 0 Å². The Morgan fingerprint density at radius 3 is 2.92 bits per heavy atom. The molecular formula is C17H28N6O2. The highest BCUT2D eigenvalue weighted by Gasteiger charge is 2.27. The van der Waals surface area contributed by atoms with Crippen molar-refractivity contribution in [3.8, 4) is 0 Å². The van der Waals surface area contributed by atoms with Gasteiger partial charge in [-0.2, -0.15) is 5.10 Å². The number of hydrogen-bond acceptors (Lipinski definition) is 4. The van der Waals surface area contributed by atoms with Crippen molar-refractivity contribution < 1.29 is 9.53 Å². The fraction of sp³-hybridized carbons (Fsp3) is 0.706. The van der Waals surface area contributed by atoms with Gasteiger partial charge in [0.25, 0.3) is 0 Å². The van der Waals surface area contributed by atoms with Crippen LogP contribution in [0.2, 0.25) is 0 Å². The molecule has 0 atom stereocenters. The van der Waals surface area contributed by atoms with Gasteiger partial charge in [-0.3, -0.25) is 14.5 Å². The molecule has 2 heterocycles. The number of ether oxygens (including phenoxy) is 1. The van der Waals surface area contributed by atoms with Crippen LogP contribution < -0.4 is 10.2 Å². The number of nitrogens with one attached hydrogen (secondary N) is 1. The highest BCUT2D eigenvalue weighted by Crippen LogP contribution is 2.28. The summed E-state index contributed by atoms with van der Waals surface area (Å²) in [6, 6.07) is 0. The molecule has 1 aromatic heterocycles. The van der Waals surface area contributed by atoms with Crippen LogP contribution in [0.3, 0.4) is 0 Å². The number of aromatic nitrogens is 2. The van der Waals surface area contributed by atoms with E-state index in [0.29, 0.717) is 13.1 Å². The molecule has 8 heteroatoms. The molecule has 0 aromatic carbocycles. The Morgan fingerprint density at radius 1 is 1.44 bits per heavy atom. The number of guanidine groups is 1. The third kappa shape index (κ3) is 4.94. The van der Waals surface area contributed by atoms with Crippen LogP contribution in [0.5, 0.6) is 0 Å². The van der Waals surface area contributed by atoms with Crippen LogP contribution in [0.4, 0.5) is 5.69 Å². The van der Waals surface area contributed by atoms with Crippen LogP contribution in [0.1, 0.15) is 19.3 Å². The Labute approximate surface area is 148 Å². The van der Waals surface area contributed by atoms with Gasteiger partial charge in [0.05, 0.1) is 11.9 Å². The molecule has 1 saturated heterocycles. The van der Waals surface area contributed by atoms with Crippen molar-refractivity contribution in [2.24, 2.45) is 18.0 Å². The molecule has 25 heavy (non-hydrogen) atoms. The molecule has 0 radical (unpaired) electrons. The number of amides is 1. The topological polar surface area (TPSA) is 75.0 Å². The summed E-state index contributed by atoms with van der Waals surface area (Å²) in [7, 11) is 3.61. The fourth-order valence-corrected chi connectivity index (χ4v) is 2.92. The lowest BCUT2D eigenvalue weighted by Crippen LogP contribution is -2.55. The second-order valence-electron chi connectivity index (χ2n) is 6.68. The number of aliphatic imine (C=N–C) groups is 1. The van der Waals surface area contributed by atoms with Crippen LogP contribution in [0.25, 0.3) is 0 Å². The first kappa shape index (κ1) is 17.7. The molecule has 3 rings (SSSR count). The van der Waals surface area contributed by atoms with Gasteiger partial charge in [0.2, 0.25) is 5.91 Å². The average Bonchev–Trinajstić information content (AvgIpc) is 3.33. The van der Waals surface area contributed by atoms with E-state index >= 15 is 0 Å². The molecule has 0 unspecified atom stereocenters. The quantitative estimate of drug-likeness (QED) is 0.440. The lowest BCUT2D eigenvalue weighted by molar-refractivity contribution is -0.120. The Morgan fingerprint density at radius 2 is 2.28 bits per heavy atom. The first-order valence-electron chi connectivity index (χ1n) is 8.99. The summed E-state index contributed by atoms with van der Waals surface area (Å²) < 4.78 is 7.35. The van der Waals surface area contributed by atoms with E-state index < -0.39 is 0 Å². The third-order valence-corrected chi connectivity index (χ3v) is 4.53. The lowest BCUT2D eigenvalue weighted by Gasteiger charge is -2.35. The molecule has 8 nitrogen and oxygen atoms in total. The molecule has 2 fully saturated rings. The van der Waals surface area contributed by atoms with Gasteiger partial charge in [0, 0.05) is 53.1 Å². The first-order valence-corrected chi connectivity index (χ1v) is 8.99. The van der Waals surface area contributed by atoms with Gasteiger partial charge in [-0.25, -0.2) is 0 Å². The molecule has 1 aliphatic carbocycles. The van der Waals surface area contributed by atoms with E-state index in [1.807, 2.05) is 18.1 Å². The van der Waals surface area contributed by atoms with Crippen LogP contribution in [-0.2, 0) is 16.6 Å². The second kappa shape index (κ2) is 8.33. The summed E-state index contributed by atoms with van der Waals surface area (Å²) in [5.74, 6) is 1.65. The summed E-state index contributed by atoms with van der Waals surface area (Å²) in [5.41, 5.74) is 0.850. The zero-order valence-electron chi connectivity index (χ0n) is 15.1. The van der Waals surface area contributed by atoms with E-state index in [2.05, 4.69) is 15.4 Å². The zero-order chi connectivity index (χ0) is 17.6. The first-order chi connectivity index (χ1) is 12.2. The number of aryl methyl sites for hydroxylation is 1. The maximum absolute atomic E-state index is 12.5. The minimum atomic E-state index is 0.0648. The molecule has 1 N–H and O–H groups in total. The standard InChI is InChI=1S/C17H28N6O2/c1-18-17(19-6-3-9-25-13-14-4-5-14)22-7-8-23(16(24)12-22)15-10-20-21(2)11-15/h10-11,14H,3-9,12-13H2,1-2H3,(H,18,19). The lowest BCUT2D eigenvalue weighted by atomic mass is 10.3. The van der Waals surface area contributed by atoms with Crippen LogP contribution in [0, 0.1) is 5.92 Å². The normalized spacial score (nSPS) is 18.8. The molecule has 138 valence electrons. The van der Waals surface area contributed by atoms with E-state index in [-0.39, 0.29) is 5.91 Å². The number of hydrogen-bond donors (Lipinski definition) is 1. The Bertz CT molecular complexity index is 610. The summed E-state index contributed by atoms with van der Waals surface area (Å²) in [5, 5.41) is 7.47. The minimum absolute atomic E-state index is 0.0648. The van der Waals surface area contributed by atoms with E-state index in [1.165, 1.54) is 12.8 Å². The van der Waals surface area contributed by atoms with Gasteiger partial charge in [0.15, 0.2) is 5.96 Å². The number of piperazine rings is 1. The number of carbonyl (C=O) groups is 1. The predicted octanol–water partition coefficient (Wildman–Crippen LogP) is 0.461. The predicted molar refractivity (Wildman–Crippen MR) is 96.7 cm³/mol. The zero-order valence-corrected chi connectivity index (χ0v) is 15.1. The van der Waals surface area contributed by atoms with Crippen molar-refractivity contribution in [2.75, 3.05) is 51.3 Å². The number of nitrogens with zero attached hydrogens (tertiary/aromatic N) is 5. The fourth-order valence-electron chi connectivity index (χ4n) is 2.92. The highest BCUT2D eigenvalue weighted by molar-refractivity contribution is 5.98. The molecule has 1 amide bonds. The third-order valence-electron chi connectivity index (χ3n) is 4.53. The van der Waals surface area contributed by atoms with Crippen LogP contribution >= 0.6 is 0 Å². The molecule has 1 aromatic rings. The van der Waals surface area contributed by atoms with Crippen LogP contribution in [0.15, 0.2) is 17.4 Å². The molecule has 0 spiro atoms. The van der Waals surface area contributed by atoms with Gasteiger partial charge in [0.1, 0.15) is 6.54 Å². The van der Waals surface area contributed by atoms with Gasteiger partial charge in [-0.05, 0) is 25.2 Å². The molecule has 1 saturated carbocycles. The monoisotopic (exact) mass is 348 g/mol. The van der Waals surface area contributed by atoms with Gasteiger partial charge >= 0.3 is 0 Å². The smallest absolute Gasteiger partial charge is 0.246 e. The maximum atomic E-state index is 12.5. The summed E-state index contributed by atoms with van der Waals surface area (Å²) >= 11 is 0. The van der Waals surface area contributed by atoms with E-state index in [1.54, 1.807) is 22.8 Å². The number of carbonyl (C=O) groups excluding carboxylic acids is 1. The largest absolute Gasteiger partial charge is 0.381 e. The Hall–Kier alpha value is -2.09. The van der Waals surface area contributed by atoms with Crippen molar-refractivity contribution in [2.45, 2.75) is 19.3 Å². The van der Waals surface area contributed by atoms with E-state index in [0.717, 1.165) is 50.3 Å². The number of anilines is 1. The molecular weight excluding hydrogens is 320 g/mol. The second-order valence-corrected chi connectivity index (χ2v) is 6.68. The van der Waals surface area contributed by atoms with Gasteiger partial charge < -0.3 is 19.9 Å². The van der Waals surface area contributed by atoms with Crippen molar-refractivity contribution in [1.82, 2.24) is 20.0 Å². The maximum Gasteiger partial charge on any atom is 0.246 e. The Kier molecular flexibility index (Phi) is 5.91. The molecule has 0 bridgehead atoms. The summed E-state index contributed by atoms with van der Waals surface area (Å²) in [4.78, 5) is 20.6. The van der Waals surface area contributed by atoms with Crippen LogP contribution in [-0.4, -0.2) is 73.0 Å². The summed E-state index contributed by atoms with van der Waals surface area (Å²) in [6.07, 6.45) is 7.17. The van der Waals surface area contributed by atoms with Crippen molar-refractivity contribution in [3.05, 3.63) is 12.4 Å². The van der Waals surface area contributed by atoms with Crippen molar-refractivity contribution >= 4 is 17.6 Å². The highest BCUT2D eigenvalue weighted by atomic mass is 16.5. The Balaban J connectivity index is 1.40.